The first-order chi connectivity index (χ1) is 8.26. The smallest absolute Gasteiger partial charge is 0.314 e. The monoisotopic (exact) mass is 237 g/mol. The Morgan fingerprint density at radius 2 is 2.12 bits per heavy atom. The van der Waals surface area contributed by atoms with E-state index < -0.39 is 0 Å². The van der Waals surface area contributed by atoms with E-state index in [0.717, 1.165) is 17.7 Å². The molecule has 0 fully saturated rings. The third kappa shape index (κ3) is 5.21. The van der Waals surface area contributed by atoms with Crippen LogP contribution in [0.15, 0.2) is 24.3 Å². The van der Waals surface area contributed by atoms with Gasteiger partial charge in [-0.25, -0.2) is 4.79 Å². The molecule has 0 saturated carbocycles. The second-order valence-electron chi connectivity index (χ2n) is 3.57. The largest absolute Gasteiger partial charge is 0.497 e. The van der Waals surface area contributed by atoms with E-state index in [-0.39, 0.29) is 6.03 Å². The molecule has 0 unspecified atom stereocenters. The van der Waals surface area contributed by atoms with Crippen LogP contribution in [0.4, 0.5) is 4.79 Å². The highest BCUT2D eigenvalue weighted by Gasteiger charge is 1.99. The van der Waals surface area contributed by atoms with Crippen molar-refractivity contribution in [3.05, 3.63) is 29.8 Å². The molecule has 0 aliphatic rings. The molecule has 4 N–H and O–H groups in total. The average Bonchev–Trinajstić information content (AvgIpc) is 2.36. The quantitative estimate of drug-likeness (QED) is 0.674. The van der Waals surface area contributed by atoms with E-state index in [0.29, 0.717) is 19.6 Å². The van der Waals surface area contributed by atoms with Crippen LogP contribution in [0.1, 0.15) is 5.56 Å². The van der Waals surface area contributed by atoms with Crippen molar-refractivity contribution in [3.8, 4) is 5.75 Å². The first-order valence-electron chi connectivity index (χ1n) is 5.61. The van der Waals surface area contributed by atoms with Gasteiger partial charge in [-0.1, -0.05) is 12.1 Å². The summed E-state index contributed by atoms with van der Waals surface area (Å²) in [6.07, 6.45) is 0.771. The summed E-state index contributed by atoms with van der Waals surface area (Å²) in [5, 5.41) is 5.40. The van der Waals surface area contributed by atoms with Gasteiger partial charge < -0.3 is 21.1 Å². The number of benzene rings is 1. The molecule has 1 aromatic rings. The van der Waals surface area contributed by atoms with Gasteiger partial charge in [-0.15, -0.1) is 0 Å². The molecule has 0 aromatic heterocycles. The van der Waals surface area contributed by atoms with Gasteiger partial charge in [-0.05, 0) is 24.1 Å². The van der Waals surface area contributed by atoms with Crippen LogP contribution < -0.4 is 21.1 Å². The van der Waals surface area contributed by atoms with Crippen LogP contribution >= 0.6 is 0 Å². The Morgan fingerprint density at radius 3 is 2.82 bits per heavy atom. The van der Waals surface area contributed by atoms with Gasteiger partial charge in [-0.2, -0.15) is 0 Å². The minimum Gasteiger partial charge on any atom is -0.497 e. The van der Waals surface area contributed by atoms with E-state index in [1.165, 1.54) is 0 Å². The summed E-state index contributed by atoms with van der Waals surface area (Å²) in [5.74, 6) is 0.829. The number of hydrogen-bond acceptors (Lipinski definition) is 3. The van der Waals surface area contributed by atoms with E-state index in [1.54, 1.807) is 7.11 Å². The molecule has 5 nitrogen and oxygen atoms in total. The van der Waals surface area contributed by atoms with Gasteiger partial charge in [0.25, 0.3) is 0 Å². The summed E-state index contributed by atoms with van der Waals surface area (Å²) in [6.45, 7) is 1.53. The van der Waals surface area contributed by atoms with Crippen LogP contribution in [0.3, 0.4) is 0 Å². The van der Waals surface area contributed by atoms with E-state index in [1.807, 2.05) is 24.3 Å². The molecule has 5 heteroatoms. The van der Waals surface area contributed by atoms with Crippen LogP contribution in [-0.4, -0.2) is 32.8 Å². The Kier molecular flexibility index (Phi) is 5.88. The van der Waals surface area contributed by atoms with Crippen LogP contribution in [0.2, 0.25) is 0 Å². The number of carbonyl (C=O) groups is 1. The summed E-state index contributed by atoms with van der Waals surface area (Å²) in [5.41, 5.74) is 6.40. The van der Waals surface area contributed by atoms with E-state index >= 15 is 0 Å². The molecule has 17 heavy (non-hydrogen) atoms. The number of urea groups is 1. The number of amides is 2. The molecular weight excluding hydrogens is 218 g/mol. The fraction of sp³-hybridized carbons (Fsp3) is 0.417. The number of ether oxygens (including phenoxy) is 1. The van der Waals surface area contributed by atoms with Gasteiger partial charge in [0.1, 0.15) is 5.75 Å². The van der Waals surface area contributed by atoms with Gasteiger partial charge in [0.15, 0.2) is 0 Å². The minimum absolute atomic E-state index is 0.182. The maximum atomic E-state index is 11.2. The Morgan fingerprint density at radius 1 is 1.35 bits per heavy atom. The summed E-state index contributed by atoms with van der Waals surface area (Å²) in [6, 6.07) is 7.60. The highest BCUT2D eigenvalue weighted by Crippen LogP contribution is 2.12. The van der Waals surface area contributed by atoms with Crippen molar-refractivity contribution in [2.75, 3.05) is 26.7 Å². The van der Waals surface area contributed by atoms with E-state index in [4.69, 9.17) is 10.5 Å². The minimum atomic E-state index is -0.182. The number of carbonyl (C=O) groups excluding carboxylic acids is 1. The summed E-state index contributed by atoms with van der Waals surface area (Å²) < 4.78 is 5.12. The lowest BCUT2D eigenvalue weighted by Crippen LogP contribution is -2.39. The van der Waals surface area contributed by atoms with E-state index in [2.05, 4.69) is 10.6 Å². The molecule has 2 amide bonds. The normalized spacial score (nSPS) is 9.76. The van der Waals surface area contributed by atoms with Gasteiger partial charge >= 0.3 is 6.03 Å². The highest BCUT2D eigenvalue weighted by molar-refractivity contribution is 5.73. The van der Waals surface area contributed by atoms with Gasteiger partial charge in [0, 0.05) is 19.6 Å². The zero-order chi connectivity index (χ0) is 12.5. The first-order valence-corrected chi connectivity index (χ1v) is 5.61. The Labute approximate surface area is 101 Å². The van der Waals surface area contributed by atoms with Gasteiger partial charge in [0.2, 0.25) is 0 Å². The number of methoxy groups -OCH3 is 1. The number of rotatable bonds is 6. The zero-order valence-corrected chi connectivity index (χ0v) is 10.0. The molecule has 0 atom stereocenters. The van der Waals surface area contributed by atoms with Crippen molar-refractivity contribution < 1.29 is 9.53 Å². The van der Waals surface area contributed by atoms with Crippen LogP contribution in [0, 0.1) is 0 Å². The topological polar surface area (TPSA) is 76.4 Å². The second-order valence-corrected chi connectivity index (χ2v) is 3.57. The maximum absolute atomic E-state index is 11.2. The molecule has 0 aliphatic carbocycles. The van der Waals surface area contributed by atoms with Crippen LogP contribution in [0.25, 0.3) is 0 Å². The SMILES string of the molecule is COc1cccc(CCNC(=O)NCCN)c1. The third-order valence-electron chi connectivity index (χ3n) is 2.26. The van der Waals surface area contributed by atoms with Crippen molar-refractivity contribution in [1.29, 1.82) is 0 Å². The zero-order valence-electron chi connectivity index (χ0n) is 10.0. The van der Waals surface area contributed by atoms with Crippen molar-refractivity contribution >= 4 is 6.03 Å². The van der Waals surface area contributed by atoms with Crippen molar-refractivity contribution in [2.24, 2.45) is 5.73 Å². The Bertz CT molecular complexity index is 355. The molecule has 94 valence electrons. The second kappa shape index (κ2) is 7.51. The van der Waals surface area contributed by atoms with Crippen molar-refractivity contribution in [1.82, 2.24) is 10.6 Å². The fourth-order valence-corrected chi connectivity index (χ4v) is 1.40. The predicted molar refractivity (Wildman–Crippen MR) is 67.2 cm³/mol. The molecule has 0 radical (unpaired) electrons. The molecule has 1 aromatic carbocycles. The third-order valence-corrected chi connectivity index (χ3v) is 2.26. The number of nitrogens with two attached hydrogens (primary N) is 1. The lowest BCUT2D eigenvalue weighted by molar-refractivity contribution is 0.241. The average molecular weight is 237 g/mol. The molecule has 1 rings (SSSR count). The molecule has 0 heterocycles. The summed E-state index contributed by atoms with van der Waals surface area (Å²) >= 11 is 0. The van der Waals surface area contributed by atoms with Crippen molar-refractivity contribution in [2.45, 2.75) is 6.42 Å². The molecular formula is C12H19N3O2. The molecule has 0 spiro atoms. The lowest BCUT2D eigenvalue weighted by Gasteiger charge is -2.07. The fourth-order valence-electron chi connectivity index (χ4n) is 1.40. The first kappa shape index (κ1) is 13.3. The predicted octanol–water partition coefficient (Wildman–Crippen LogP) is 0.496. The molecule has 0 aliphatic heterocycles. The number of nitrogens with one attached hydrogen (secondary N) is 2. The Hall–Kier alpha value is -1.75. The van der Waals surface area contributed by atoms with Gasteiger partial charge in [-0.3, -0.25) is 0 Å². The summed E-state index contributed by atoms with van der Waals surface area (Å²) in [4.78, 5) is 11.2. The Balaban J connectivity index is 2.28. The van der Waals surface area contributed by atoms with Crippen LogP contribution in [-0.2, 0) is 6.42 Å². The maximum Gasteiger partial charge on any atom is 0.314 e. The van der Waals surface area contributed by atoms with Gasteiger partial charge in [0.05, 0.1) is 7.11 Å². The molecule has 0 bridgehead atoms. The highest BCUT2D eigenvalue weighted by atomic mass is 16.5. The molecule has 0 saturated heterocycles. The summed E-state index contributed by atoms with van der Waals surface area (Å²) in [7, 11) is 1.64. The van der Waals surface area contributed by atoms with Crippen LogP contribution in [0.5, 0.6) is 5.75 Å². The van der Waals surface area contributed by atoms with E-state index in [9.17, 15) is 4.79 Å². The van der Waals surface area contributed by atoms with Crippen molar-refractivity contribution in [3.63, 3.8) is 0 Å². The standard InChI is InChI=1S/C12H19N3O2/c1-17-11-4-2-3-10(9-11)5-7-14-12(16)15-8-6-13/h2-4,9H,5-8,13H2,1H3,(H2,14,15,16). The lowest BCUT2D eigenvalue weighted by atomic mass is 10.1. The number of hydrogen-bond donors (Lipinski definition) is 3.